The van der Waals surface area contributed by atoms with Crippen LogP contribution in [0.5, 0.6) is 0 Å². The Morgan fingerprint density at radius 2 is 1.86 bits per heavy atom. The third kappa shape index (κ3) is 2.83. The molecule has 0 spiro atoms. The standard InChI is InChI=1S/C15H11F3N4/c1-9-5-12-13(7-19-9)20-8-21-14(12)22-11-4-2-3-10(6-11)15(16,17)18/h2-8H,1H3,(H,20,21,22). The first kappa shape index (κ1) is 14.2. The number of benzene rings is 1. The highest BCUT2D eigenvalue weighted by Gasteiger charge is 2.30. The van der Waals surface area contributed by atoms with E-state index in [-0.39, 0.29) is 0 Å². The molecule has 0 fully saturated rings. The van der Waals surface area contributed by atoms with Gasteiger partial charge in [0.1, 0.15) is 12.1 Å². The molecule has 22 heavy (non-hydrogen) atoms. The average molecular weight is 304 g/mol. The van der Waals surface area contributed by atoms with Crippen LogP contribution in [0.2, 0.25) is 0 Å². The number of nitrogens with zero attached hydrogens (tertiary/aromatic N) is 3. The molecular formula is C15H11F3N4. The topological polar surface area (TPSA) is 50.7 Å². The Kier molecular flexibility index (Phi) is 3.40. The fourth-order valence-corrected chi connectivity index (χ4v) is 2.07. The van der Waals surface area contributed by atoms with Gasteiger partial charge in [0.25, 0.3) is 0 Å². The van der Waals surface area contributed by atoms with Crippen LogP contribution in [0.25, 0.3) is 10.9 Å². The molecule has 0 bridgehead atoms. The molecule has 0 aliphatic rings. The first-order chi connectivity index (χ1) is 10.4. The highest BCUT2D eigenvalue weighted by Crippen LogP contribution is 2.32. The Bertz CT molecular complexity index is 830. The Balaban J connectivity index is 2.02. The third-order valence-electron chi connectivity index (χ3n) is 3.11. The molecule has 7 heteroatoms. The SMILES string of the molecule is Cc1cc2c(Nc3cccc(C(F)(F)F)c3)ncnc2cn1. The van der Waals surface area contributed by atoms with Crippen LogP contribution in [-0.4, -0.2) is 15.0 Å². The summed E-state index contributed by atoms with van der Waals surface area (Å²) in [6.45, 7) is 1.82. The van der Waals surface area contributed by atoms with Gasteiger partial charge in [-0.1, -0.05) is 6.07 Å². The van der Waals surface area contributed by atoms with Crippen molar-refractivity contribution in [3.05, 3.63) is 54.1 Å². The quantitative estimate of drug-likeness (QED) is 0.774. The summed E-state index contributed by atoms with van der Waals surface area (Å²) in [4.78, 5) is 12.3. The van der Waals surface area contributed by atoms with Crippen molar-refractivity contribution in [1.82, 2.24) is 15.0 Å². The Morgan fingerprint density at radius 3 is 2.64 bits per heavy atom. The summed E-state index contributed by atoms with van der Waals surface area (Å²) in [5.41, 5.74) is 0.988. The van der Waals surface area contributed by atoms with Crippen molar-refractivity contribution < 1.29 is 13.2 Å². The summed E-state index contributed by atoms with van der Waals surface area (Å²) in [5, 5.41) is 3.61. The number of anilines is 2. The second-order valence-electron chi connectivity index (χ2n) is 4.77. The van der Waals surface area contributed by atoms with E-state index in [2.05, 4.69) is 20.3 Å². The van der Waals surface area contributed by atoms with Crippen LogP contribution >= 0.6 is 0 Å². The summed E-state index contributed by atoms with van der Waals surface area (Å²) in [5.74, 6) is 0.440. The van der Waals surface area contributed by atoms with Gasteiger partial charge in [0, 0.05) is 16.8 Å². The lowest BCUT2D eigenvalue weighted by Crippen LogP contribution is -2.05. The number of aryl methyl sites for hydroxylation is 1. The van der Waals surface area contributed by atoms with Gasteiger partial charge in [0.05, 0.1) is 17.3 Å². The summed E-state index contributed by atoms with van der Waals surface area (Å²) in [6.07, 6.45) is -1.44. The number of halogens is 3. The highest BCUT2D eigenvalue weighted by molar-refractivity contribution is 5.90. The van der Waals surface area contributed by atoms with E-state index in [0.29, 0.717) is 22.4 Å². The smallest absolute Gasteiger partial charge is 0.340 e. The molecule has 0 atom stereocenters. The first-order valence-corrected chi connectivity index (χ1v) is 6.45. The molecule has 0 saturated heterocycles. The first-order valence-electron chi connectivity index (χ1n) is 6.45. The lowest BCUT2D eigenvalue weighted by Gasteiger charge is -2.11. The molecule has 0 aliphatic carbocycles. The van der Waals surface area contributed by atoms with Crippen LogP contribution in [0, 0.1) is 6.92 Å². The van der Waals surface area contributed by atoms with E-state index in [9.17, 15) is 13.2 Å². The van der Waals surface area contributed by atoms with Crippen molar-refractivity contribution in [3.8, 4) is 0 Å². The number of nitrogens with one attached hydrogen (secondary N) is 1. The lowest BCUT2D eigenvalue weighted by atomic mass is 10.2. The maximum absolute atomic E-state index is 12.8. The Labute approximate surface area is 124 Å². The molecule has 112 valence electrons. The van der Waals surface area contributed by atoms with Crippen molar-refractivity contribution >= 4 is 22.4 Å². The molecule has 2 heterocycles. The minimum absolute atomic E-state index is 0.310. The van der Waals surface area contributed by atoms with Crippen molar-refractivity contribution in [1.29, 1.82) is 0 Å². The highest BCUT2D eigenvalue weighted by atomic mass is 19.4. The predicted octanol–water partition coefficient (Wildman–Crippen LogP) is 4.10. The monoisotopic (exact) mass is 304 g/mol. The Morgan fingerprint density at radius 1 is 1.05 bits per heavy atom. The number of hydrogen-bond donors (Lipinski definition) is 1. The van der Waals surface area contributed by atoms with E-state index in [4.69, 9.17) is 0 Å². The minimum Gasteiger partial charge on any atom is -0.340 e. The average Bonchev–Trinajstić information content (AvgIpc) is 2.47. The third-order valence-corrected chi connectivity index (χ3v) is 3.11. The van der Waals surface area contributed by atoms with Gasteiger partial charge in [-0.15, -0.1) is 0 Å². The van der Waals surface area contributed by atoms with Gasteiger partial charge in [-0.25, -0.2) is 9.97 Å². The van der Waals surface area contributed by atoms with Gasteiger partial charge in [-0.2, -0.15) is 13.2 Å². The van der Waals surface area contributed by atoms with Crippen LogP contribution < -0.4 is 5.32 Å². The van der Waals surface area contributed by atoms with Gasteiger partial charge in [-0.05, 0) is 31.2 Å². The number of alkyl halides is 3. The molecule has 4 nitrogen and oxygen atoms in total. The van der Waals surface area contributed by atoms with E-state index in [1.54, 1.807) is 18.3 Å². The predicted molar refractivity (Wildman–Crippen MR) is 76.8 cm³/mol. The molecule has 3 rings (SSSR count). The number of rotatable bonds is 2. The second kappa shape index (κ2) is 5.25. The molecule has 3 aromatic rings. The summed E-state index contributed by atoms with van der Waals surface area (Å²) < 4.78 is 38.3. The molecule has 1 aromatic carbocycles. The molecule has 0 radical (unpaired) electrons. The largest absolute Gasteiger partial charge is 0.416 e. The molecular weight excluding hydrogens is 293 g/mol. The van der Waals surface area contributed by atoms with Crippen molar-refractivity contribution in [2.24, 2.45) is 0 Å². The molecule has 0 aliphatic heterocycles. The fourth-order valence-electron chi connectivity index (χ4n) is 2.07. The van der Waals surface area contributed by atoms with Gasteiger partial charge in [-0.3, -0.25) is 4.98 Å². The van der Waals surface area contributed by atoms with Crippen LogP contribution in [0.3, 0.4) is 0 Å². The van der Waals surface area contributed by atoms with Crippen LogP contribution in [0.15, 0.2) is 42.9 Å². The van der Waals surface area contributed by atoms with Crippen LogP contribution in [0.1, 0.15) is 11.3 Å². The van der Waals surface area contributed by atoms with Crippen molar-refractivity contribution in [2.75, 3.05) is 5.32 Å². The zero-order chi connectivity index (χ0) is 15.7. The lowest BCUT2D eigenvalue weighted by molar-refractivity contribution is -0.137. The fraction of sp³-hybridized carbons (Fsp3) is 0.133. The van der Waals surface area contributed by atoms with E-state index in [0.717, 1.165) is 17.8 Å². The molecule has 0 amide bonds. The summed E-state index contributed by atoms with van der Waals surface area (Å²) in [7, 11) is 0. The van der Waals surface area contributed by atoms with Gasteiger partial charge < -0.3 is 5.32 Å². The van der Waals surface area contributed by atoms with Crippen LogP contribution in [-0.2, 0) is 6.18 Å². The molecule has 0 unspecified atom stereocenters. The summed E-state index contributed by atoms with van der Waals surface area (Å²) >= 11 is 0. The van der Waals surface area contributed by atoms with Crippen molar-refractivity contribution in [3.63, 3.8) is 0 Å². The number of aromatic nitrogens is 3. The zero-order valence-electron chi connectivity index (χ0n) is 11.5. The van der Waals surface area contributed by atoms with Gasteiger partial charge in [0.2, 0.25) is 0 Å². The van der Waals surface area contributed by atoms with Gasteiger partial charge >= 0.3 is 6.18 Å². The molecule has 0 saturated carbocycles. The van der Waals surface area contributed by atoms with Crippen LogP contribution in [0.4, 0.5) is 24.7 Å². The Hall–Kier alpha value is -2.70. The van der Waals surface area contributed by atoms with E-state index in [1.807, 2.05) is 6.92 Å². The normalized spacial score (nSPS) is 11.6. The molecule has 1 N–H and O–H groups in total. The summed E-state index contributed by atoms with van der Waals surface area (Å²) in [6, 6.07) is 6.75. The zero-order valence-corrected chi connectivity index (χ0v) is 11.5. The van der Waals surface area contributed by atoms with E-state index >= 15 is 0 Å². The maximum atomic E-state index is 12.8. The van der Waals surface area contributed by atoms with E-state index < -0.39 is 11.7 Å². The van der Waals surface area contributed by atoms with Gasteiger partial charge in [0.15, 0.2) is 0 Å². The number of fused-ring (bicyclic) bond motifs is 1. The number of pyridine rings is 1. The van der Waals surface area contributed by atoms with E-state index in [1.165, 1.54) is 12.4 Å². The maximum Gasteiger partial charge on any atom is 0.416 e. The van der Waals surface area contributed by atoms with Crippen molar-refractivity contribution in [2.45, 2.75) is 13.1 Å². The second-order valence-corrected chi connectivity index (χ2v) is 4.77. The molecule has 2 aromatic heterocycles. The minimum atomic E-state index is -4.38. The number of hydrogen-bond acceptors (Lipinski definition) is 4.